The van der Waals surface area contributed by atoms with Gasteiger partial charge >= 0.3 is 0 Å². The Balaban J connectivity index is 1.34. The van der Waals surface area contributed by atoms with Gasteiger partial charge in [-0.15, -0.1) is 6.42 Å². The van der Waals surface area contributed by atoms with Crippen LogP contribution in [0.15, 0.2) is 12.4 Å². The maximum absolute atomic E-state index is 11.7. The predicted octanol–water partition coefficient (Wildman–Crippen LogP) is 5.27. The SMILES string of the molecule is C#Cc1cnn(C[C@@](C)(O)[C@H]2CC[C@H]3[C@@H]4CC[C@@H]5C[C@](C)(O)[C@@H](CC)C[C@@H]5[C@H]4CC[C@@]32C)c1. The summed E-state index contributed by atoms with van der Waals surface area (Å²) in [5.41, 5.74) is -0.295. The minimum atomic E-state index is -0.789. The molecule has 1 aromatic rings. The zero-order valence-electron chi connectivity index (χ0n) is 21.1. The van der Waals surface area contributed by atoms with E-state index in [1.54, 1.807) is 6.20 Å². The molecule has 0 aromatic carbocycles. The monoisotopic (exact) mass is 452 g/mol. The van der Waals surface area contributed by atoms with Crippen LogP contribution >= 0.6 is 0 Å². The second kappa shape index (κ2) is 8.13. The summed E-state index contributed by atoms with van der Waals surface area (Å²) >= 11 is 0. The Bertz CT molecular complexity index is 911. The van der Waals surface area contributed by atoms with E-state index in [2.05, 4.69) is 31.8 Å². The zero-order valence-corrected chi connectivity index (χ0v) is 21.1. The average Bonchev–Trinajstić information content (AvgIpc) is 3.35. The number of aliphatic hydroxyl groups is 2. The van der Waals surface area contributed by atoms with Gasteiger partial charge in [0, 0.05) is 6.20 Å². The molecule has 2 N–H and O–H groups in total. The van der Waals surface area contributed by atoms with Crippen LogP contribution in [0.25, 0.3) is 0 Å². The Morgan fingerprint density at radius 3 is 2.67 bits per heavy atom. The van der Waals surface area contributed by atoms with Gasteiger partial charge in [-0.05, 0) is 112 Å². The first-order valence-corrected chi connectivity index (χ1v) is 13.5. The molecule has 0 spiro atoms. The van der Waals surface area contributed by atoms with Crippen molar-refractivity contribution in [2.24, 2.45) is 46.8 Å². The van der Waals surface area contributed by atoms with E-state index in [1.807, 2.05) is 17.8 Å². The van der Waals surface area contributed by atoms with E-state index in [-0.39, 0.29) is 5.41 Å². The van der Waals surface area contributed by atoms with Crippen LogP contribution in [-0.2, 0) is 6.54 Å². The summed E-state index contributed by atoms with van der Waals surface area (Å²) in [6.45, 7) is 9.38. The lowest BCUT2D eigenvalue weighted by Crippen LogP contribution is -2.55. The summed E-state index contributed by atoms with van der Waals surface area (Å²) in [5.74, 6) is 7.22. The fourth-order valence-corrected chi connectivity index (χ4v) is 9.73. The smallest absolute Gasteiger partial charge is 0.0848 e. The molecule has 4 aliphatic rings. The number of hydrogen-bond acceptors (Lipinski definition) is 3. The van der Waals surface area contributed by atoms with Crippen molar-refractivity contribution in [3.8, 4) is 12.3 Å². The normalized spacial score (nSPS) is 46.5. The highest BCUT2D eigenvalue weighted by atomic mass is 16.3. The summed E-state index contributed by atoms with van der Waals surface area (Å²) in [5, 5.41) is 27.2. The average molecular weight is 453 g/mol. The predicted molar refractivity (Wildman–Crippen MR) is 131 cm³/mol. The first-order valence-electron chi connectivity index (χ1n) is 13.5. The van der Waals surface area contributed by atoms with Gasteiger partial charge in [0.15, 0.2) is 0 Å². The third-order valence-corrected chi connectivity index (χ3v) is 11.2. The fourth-order valence-electron chi connectivity index (χ4n) is 9.73. The maximum Gasteiger partial charge on any atom is 0.0848 e. The van der Waals surface area contributed by atoms with Gasteiger partial charge in [0.25, 0.3) is 0 Å². The topological polar surface area (TPSA) is 58.3 Å². The van der Waals surface area contributed by atoms with Crippen molar-refractivity contribution >= 4 is 0 Å². The zero-order chi connectivity index (χ0) is 23.6. The van der Waals surface area contributed by atoms with Gasteiger partial charge in [0.05, 0.1) is 29.5 Å². The lowest BCUT2D eigenvalue weighted by atomic mass is 9.47. The number of nitrogens with zero attached hydrogens (tertiary/aromatic N) is 2. The highest BCUT2D eigenvalue weighted by Gasteiger charge is 2.61. The summed E-state index contributed by atoms with van der Waals surface area (Å²) in [7, 11) is 0. The summed E-state index contributed by atoms with van der Waals surface area (Å²) in [4.78, 5) is 0. The molecule has 0 amide bonds. The van der Waals surface area contributed by atoms with E-state index in [0.717, 1.165) is 48.5 Å². The minimum absolute atomic E-state index is 0.198. The molecule has 0 aliphatic heterocycles. The third kappa shape index (κ3) is 3.79. The van der Waals surface area contributed by atoms with Gasteiger partial charge in [-0.3, -0.25) is 4.68 Å². The van der Waals surface area contributed by atoms with Crippen LogP contribution in [0.2, 0.25) is 0 Å². The molecule has 0 saturated heterocycles. The van der Waals surface area contributed by atoms with Crippen molar-refractivity contribution in [2.75, 3.05) is 0 Å². The summed E-state index contributed by atoms with van der Waals surface area (Å²) in [6.07, 6.45) is 19.9. The van der Waals surface area contributed by atoms with Gasteiger partial charge in [-0.25, -0.2) is 0 Å². The van der Waals surface area contributed by atoms with Crippen molar-refractivity contribution in [2.45, 2.75) is 103 Å². The molecule has 4 heteroatoms. The van der Waals surface area contributed by atoms with Crippen molar-refractivity contribution in [3.63, 3.8) is 0 Å². The Morgan fingerprint density at radius 2 is 1.97 bits per heavy atom. The minimum Gasteiger partial charge on any atom is -0.390 e. The van der Waals surface area contributed by atoms with E-state index in [4.69, 9.17) is 6.42 Å². The molecule has 0 bridgehead atoms. The van der Waals surface area contributed by atoms with Gasteiger partial charge in [-0.1, -0.05) is 26.2 Å². The Hall–Kier alpha value is -1.31. The summed E-state index contributed by atoms with van der Waals surface area (Å²) in [6, 6.07) is 0. The number of rotatable bonds is 4. The Morgan fingerprint density at radius 1 is 1.18 bits per heavy atom. The molecule has 1 heterocycles. The van der Waals surface area contributed by atoms with Crippen LogP contribution in [0, 0.1) is 59.2 Å². The molecule has 33 heavy (non-hydrogen) atoms. The molecular weight excluding hydrogens is 408 g/mol. The lowest BCUT2D eigenvalue weighted by molar-refractivity contribution is -0.141. The van der Waals surface area contributed by atoms with E-state index < -0.39 is 11.2 Å². The quantitative estimate of drug-likeness (QED) is 0.612. The van der Waals surface area contributed by atoms with Gasteiger partial charge in [0.1, 0.15) is 0 Å². The number of hydrogen-bond donors (Lipinski definition) is 2. The number of terminal acetylenes is 1. The van der Waals surface area contributed by atoms with E-state index in [1.165, 1.54) is 38.5 Å². The van der Waals surface area contributed by atoms with Gasteiger partial charge < -0.3 is 10.2 Å². The highest BCUT2D eigenvalue weighted by Crippen LogP contribution is 2.66. The van der Waals surface area contributed by atoms with Gasteiger partial charge in [0.2, 0.25) is 0 Å². The van der Waals surface area contributed by atoms with Crippen LogP contribution in [0.4, 0.5) is 0 Å². The molecule has 0 radical (unpaired) electrons. The van der Waals surface area contributed by atoms with E-state index >= 15 is 0 Å². The van der Waals surface area contributed by atoms with E-state index in [9.17, 15) is 10.2 Å². The Labute approximate surface area is 200 Å². The molecule has 4 saturated carbocycles. The van der Waals surface area contributed by atoms with Crippen LogP contribution in [0.3, 0.4) is 0 Å². The van der Waals surface area contributed by atoms with Crippen LogP contribution in [0.1, 0.15) is 91.0 Å². The number of fused-ring (bicyclic) bond motifs is 5. The van der Waals surface area contributed by atoms with Crippen LogP contribution < -0.4 is 0 Å². The van der Waals surface area contributed by atoms with Crippen molar-refractivity contribution < 1.29 is 10.2 Å². The molecule has 182 valence electrons. The second-order valence-corrected chi connectivity index (χ2v) is 12.9. The standard InChI is InChI=1S/C29H44N2O2/c1-6-19-16-30-31(17-19)18-29(5,33)26-11-10-25-23-9-8-20-15-28(4,32)21(7-2)14-24(20)22(23)12-13-27(25,26)3/h1,16-17,20-26,32-33H,7-15,18H2,2-5H3/t20-,21+,22+,23-,24+,25+,26+,27+,28+,29-/m1/s1. The molecule has 1 aromatic heterocycles. The molecule has 4 fully saturated rings. The molecule has 4 aliphatic carbocycles. The third-order valence-electron chi connectivity index (χ3n) is 11.2. The molecule has 0 unspecified atom stereocenters. The van der Waals surface area contributed by atoms with Crippen molar-refractivity contribution in [1.29, 1.82) is 0 Å². The molecule has 10 atom stereocenters. The van der Waals surface area contributed by atoms with Crippen molar-refractivity contribution in [3.05, 3.63) is 18.0 Å². The highest BCUT2D eigenvalue weighted by molar-refractivity contribution is 5.26. The lowest BCUT2D eigenvalue weighted by Gasteiger charge is -2.59. The first-order chi connectivity index (χ1) is 15.6. The van der Waals surface area contributed by atoms with Crippen LogP contribution in [0.5, 0.6) is 0 Å². The molecular formula is C29H44N2O2. The number of aromatic nitrogens is 2. The van der Waals surface area contributed by atoms with Gasteiger partial charge in [-0.2, -0.15) is 5.10 Å². The van der Waals surface area contributed by atoms with Crippen molar-refractivity contribution in [1.82, 2.24) is 9.78 Å². The Kier molecular flexibility index (Phi) is 5.77. The fraction of sp³-hybridized carbons (Fsp3) is 0.828. The summed E-state index contributed by atoms with van der Waals surface area (Å²) < 4.78 is 1.83. The molecule has 4 nitrogen and oxygen atoms in total. The van der Waals surface area contributed by atoms with Crippen LogP contribution in [-0.4, -0.2) is 31.2 Å². The molecule has 5 rings (SSSR count). The largest absolute Gasteiger partial charge is 0.390 e. The first kappa shape index (κ1) is 23.4. The maximum atomic E-state index is 11.7. The second-order valence-electron chi connectivity index (χ2n) is 12.9. The van der Waals surface area contributed by atoms with E-state index in [0.29, 0.717) is 24.3 Å².